The summed E-state index contributed by atoms with van der Waals surface area (Å²) in [7, 11) is 0. The van der Waals surface area contributed by atoms with Crippen molar-refractivity contribution in [1.82, 2.24) is 5.32 Å². The van der Waals surface area contributed by atoms with Crippen LogP contribution in [-0.2, 0) is 16.1 Å². The van der Waals surface area contributed by atoms with Gasteiger partial charge in [0.15, 0.2) is 17.6 Å². The SMILES string of the molecule is C[C@@H](OC(=O)c1ccc(Cl)cc1)C(=O)NCc1ccc2c(c1)OCO2. The predicted octanol–water partition coefficient (Wildman–Crippen LogP) is 2.93. The number of carbonyl (C=O) groups excluding carboxylic acids is 2. The molecule has 1 aliphatic rings. The van der Waals surface area contributed by atoms with Gasteiger partial charge in [-0.1, -0.05) is 17.7 Å². The van der Waals surface area contributed by atoms with E-state index in [0.717, 1.165) is 5.56 Å². The highest BCUT2D eigenvalue weighted by Gasteiger charge is 2.19. The van der Waals surface area contributed by atoms with Crippen LogP contribution < -0.4 is 14.8 Å². The Balaban J connectivity index is 1.52. The molecule has 0 aliphatic carbocycles. The molecule has 1 atom stereocenters. The molecule has 7 heteroatoms. The third-order valence-electron chi connectivity index (χ3n) is 3.64. The molecule has 3 rings (SSSR count). The molecule has 1 amide bonds. The summed E-state index contributed by atoms with van der Waals surface area (Å²) in [4.78, 5) is 24.1. The molecule has 0 radical (unpaired) electrons. The van der Waals surface area contributed by atoms with E-state index in [4.69, 9.17) is 25.8 Å². The first-order valence-corrected chi connectivity index (χ1v) is 8.03. The highest BCUT2D eigenvalue weighted by Crippen LogP contribution is 2.32. The lowest BCUT2D eigenvalue weighted by Gasteiger charge is -2.13. The lowest BCUT2D eigenvalue weighted by molar-refractivity contribution is -0.129. The van der Waals surface area contributed by atoms with Crippen LogP contribution in [0.3, 0.4) is 0 Å². The molecule has 0 fully saturated rings. The third-order valence-corrected chi connectivity index (χ3v) is 3.89. The molecule has 130 valence electrons. The van der Waals surface area contributed by atoms with Gasteiger partial charge < -0.3 is 19.5 Å². The standard InChI is InChI=1S/C18H16ClNO5/c1-11(25-18(22)13-3-5-14(19)6-4-13)17(21)20-9-12-2-7-15-16(8-12)24-10-23-15/h2-8,11H,9-10H2,1H3,(H,20,21)/t11-/m1/s1. The molecule has 2 aromatic rings. The second-order valence-electron chi connectivity index (χ2n) is 5.46. The number of esters is 1. The van der Waals surface area contributed by atoms with Gasteiger partial charge in [-0.05, 0) is 48.9 Å². The lowest BCUT2D eigenvalue weighted by atomic mass is 10.2. The Morgan fingerprint density at radius 1 is 1.16 bits per heavy atom. The first kappa shape index (κ1) is 17.1. The van der Waals surface area contributed by atoms with Crippen molar-refractivity contribution in [3.8, 4) is 11.5 Å². The van der Waals surface area contributed by atoms with Crippen LogP contribution in [0.15, 0.2) is 42.5 Å². The number of amides is 1. The molecule has 0 saturated carbocycles. The molecular formula is C18H16ClNO5. The van der Waals surface area contributed by atoms with Crippen molar-refractivity contribution in [2.75, 3.05) is 6.79 Å². The van der Waals surface area contributed by atoms with Gasteiger partial charge in [-0.15, -0.1) is 0 Å². The summed E-state index contributed by atoms with van der Waals surface area (Å²) < 4.78 is 15.7. The second kappa shape index (κ2) is 7.44. The maximum Gasteiger partial charge on any atom is 0.338 e. The van der Waals surface area contributed by atoms with Gasteiger partial charge in [0.2, 0.25) is 6.79 Å². The van der Waals surface area contributed by atoms with E-state index in [-0.39, 0.29) is 19.2 Å². The van der Waals surface area contributed by atoms with Crippen LogP contribution in [0.2, 0.25) is 5.02 Å². The second-order valence-corrected chi connectivity index (χ2v) is 5.90. The third kappa shape index (κ3) is 4.22. The minimum atomic E-state index is -0.919. The van der Waals surface area contributed by atoms with Gasteiger partial charge in [-0.2, -0.15) is 0 Å². The highest BCUT2D eigenvalue weighted by molar-refractivity contribution is 6.30. The molecule has 2 aromatic carbocycles. The summed E-state index contributed by atoms with van der Waals surface area (Å²) in [5.74, 6) is 0.358. The van der Waals surface area contributed by atoms with Crippen molar-refractivity contribution < 1.29 is 23.8 Å². The van der Waals surface area contributed by atoms with Gasteiger partial charge in [0.25, 0.3) is 5.91 Å². The largest absolute Gasteiger partial charge is 0.454 e. The number of fused-ring (bicyclic) bond motifs is 1. The maximum absolute atomic E-state index is 12.1. The zero-order chi connectivity index (χ0) is 17.8. The molecule has 25 heavy (non-hydrogen) atoms. The van der Waals surface area contributed by atoms with Crippen molar-refractivity contribution in [3.05, 3.63) is 58.6 Å². The molecule has 0 unspecified atom stereocenters. The van der Waals surface area contributed by atoms with Gasteiger partial charge in [0.1, 0.15) is 0 Å². The van der Waals surface area contributed by atoms with Crippen LogP contribution >= 0.6 is 11.6 Å². The van der Waals surface area contributed by atoms with Gasteiger partial charge >= 0.3 is 5.97 Å². The van der Waals surface area contributed by atoms with E-state index in [2.05, 4.69) is 5.32 Å². The van der Waals surface area contributed by atoms with Crippen molar-refractivity contribution >= 4 is 23.5 Å². The molecule has 1 aliphatic heterocycles. The number of hydrogen-bond acceptors (Lipinski definition) is 5. The first-order chi connectivity index (χ1) is 12.0. The molecule has 1 heterocycles. The fraction of sp³-hybridized carbons (Fsp3) is 0.222. The van der Waals surface area contributed by atoms with Gasteiger partial charge in [0.05, 0.1) is 5.56 Å². The average Bonchev–Trinajstić information content (AvgIpc) is 3.07. The number of benzene rings is 2. The van der Waals surface area contributed by atoms with E-state index in [1.807, 2.05) is 6.07 Å². The van der Waals surface area contributed by atoms with Crippen LogP contribution in [0.25, 0.3) is 0 Å². The van der Waals surface area contributed by atoms with E-state index < -0.39 is 12.1 Å². The minimum Gasteiger partial charge on any atom is -0.454 e. The Kier molecular flexibility index (Phi) is 5.09. The molecular weight excluding hydrogens is 346 g/mol. The number of rotatable bonds is 5. The number of carbonyl (C=O) groups is 2. The zero-order valence-corrected chi connectivity index (χ0v) is 14.2. The summed E-state index contributed by atoms with van der Waals surface area (Å²) in [6.45, 7) is 2.00. The molecule has 0 bridgehead atoms. The quantitative estimate of drug-likeness (QED) is 0.829. The minimum absolute atomic E-state index is 0.197. The molecule has 0 spiro atoms. The van der Waals surface area contributed by atoms with Gasteiger partial charge in [-0.3, -0.25) is 4.79 Å². The molecule has 1 N–H and O–H groups in total. The summed E-state index contributed by atoms with van der Waals surface area (Å²) in [5.41, 5.74) is 1.19. The van der Waals surface area contributed by atoms with Crippen LogP contribution in [0.5, 0.6) is 11.5 Å². The lowest BCUT2D eigenvalue weighted by Crippen LogP contribution is -2.35. The van der Waals surface area contributed by atoms with Crippen LogP contribution in [-0.4, -0.2) is 24.8 Å². The Morgan fingerprint density at radius 2 is 1.88 bits per heavy atom. The van der Waals surface area contributed by atoms with Crippen molar-refractivity contribution in [2.45, 2.75) is 19.6 Å². The predicted molar refractivity (Wildman–Crippen MR) is 90.7 cm³/mol. The molecule has 6 nitrogen and oxygen atoms in total. The number of halogens is 1. The summed E-state index contributed by atoms with van der Waals surface area (Å²) in [6.07, 6.45) is -0.919. The molecule has 0 saturated heterocycles. The normalized spacial score (nSPS) is 13.2. The highest BCUT2D eigenvalue weighted by atomic mass is 35.5. The summed E-state index contributed by atoms with van der Waals surface area (Å²) >= 11 is 5.77. The maximum atomic E-state index is 12.1. The first-order valence-electron chi connectivity index (χ1n) is 7.66. The Labute approximate surface area is 149 Å². The van der Waals surface area contributed by atoms with Crippen molar-refractivity contribution in [2.24, 2.45) is 0 Å². The molecule has 0 aromatic heterocycles. The average molecular weight is 362 g/mol. The Bertz CT molecular complexity index is 791. The number of nitrogens with one attached hydrogen (secondary N) is 1. The Morgan fingerprint density at radius 3 is 2.64 bits per heavy atom. The van der Waals surface area contributed by atoms with Crippen molar-refractivity contribution in [3.63, 3.8) is 0 Å². The summed E-state index contributed by atoms with van der Waals surface area (Å²) in [5, 5.41) is 3.24. The van der Waals surface area contributed by atoms with Crippen LogP contribution in [0, 0.1) is 0 Å². The number of hydrogen-bond donors (Lipinski definition) is 1. The van der Waals surface area contributed by atoms with E-state index in [9.17, 15) is 9.59 Å². The smallest absolute Gasteiger partial charge is 0.338 e. The van der Waals surface area contributed by atoms with E-state index >= 15 is 0 Å². The summed E-state index contributed by atoms with van der Waals surface area (Å²) in [6, 6.07) is 11.7. The number of ether oxygens (including phenoxy) is 3. The fourth-order valence-corrected chi connectivity index (χ4v) is 2.38. The monoisotopic (exact) mass is 361 g/mol. The topological polar surface area (TPSA) is 73.9 Å². The fourth-order valence-electron chi connectivity index (χ4n) is 2.25. The van der Waals surface area contributed by atoms with Gasteiger partial charge in [0, 0.05) is 11.6 Å². The van der Waals surface area contributed by atoms with Gasteiger partial charge in [-0.25, -0.2) is 4.79 Å². The van der Waals surface area contributed by atoms with E-state index in [1.165, 1.54) is 6.92 Å². The van der Waals surface area contributed by atoms with E-state index in [1.54, 1.807) is 36.4 Å². The van der Waals surface area contributed by atoms with Crippen LogP contribution in [0.1, 0.15) is 22.8 Å². The Hall–Kier alpha value is -2.73. The van der Waals surface area contributed by atoms with Crippen molar-refractivity contribution in [1.29, 1.82) is 0 Å². The zero-order valence-electron chi connectivity index (χ0n) is 13.5. The van der Waals surface area contributed by atoms with Crippen LogP contribution in [0.4, 0.5) is 0 Å². The van der Waals surface area contributed by atoms with E-state index in [0.29, 0.717) is 22.1 Å².